The molecule has 4 rings (SSSR count). The third-order valence-electron chi connectivity index (χ3n) is 4.44. The van der Waals surface area contributed by atoms with Gasteiger partial charge in [0.05, 0.1) is 34.2 Å². The molecule has 5 nitrogen and oxygen atoms in total. The van der Waals surface area contributed by atoms with Crippen molar-refractivity contribution >= 4 is 34.6 Å². The number of aromatic nitrogens is 3. The smallest absolute Gasteiger partial charge is 0.376 e. The molecule has 27 heavy (non-hydrogen) atoms. The molecule has 0 bridgehead atoms. The Morgan fingerprint density at radius 2 is 2.26 bits per heavy atom. The van der Waals surface area contributed by atoms with Gasteiger partial charge in [0, 0.05) is 6.61 Å². The number of rotatable bonds is 3. The van der Waals surface area contributed by atoms with Gasteiger partial charge in [0.2, 0.25) is 0 Å². The summed E-state index contributed by atoms with van der Waals surface area (Å²) in [6.45, 7) is 0.839. The molecule has 1 fully saturated rings. The summed E-state index contributed by atoms with van der Waals surface area (Å²) in [4.78, 5) is 19.7. The lowest BCUT2D eigenvalue weighted by Gasteiger charge is -2.17. The van der Waals surface area contributed by atoms with Gasteiger partial charge in [-0.25, -0.2) is 4.98 Å². The number of aromatic amines is 1. The molecule has 1 aliphatic rings. The zero-order valence-corrected chi connectivity index (χ0v) is 15.5. The molecule has 1 aliphatic heterocycles. The molecule has 0 unspecified atom stereocenters. The number of fused-ring (bicyclic) bond motifs is 1. The molecule has 3 aromatic heterocycles. The molecule has 1 saturated heterocycles. The zero-order valence-electron chi connectivity index (χ0n) is 13.9. The van der Waals surface area contributed by atoms with Crippen LogP contribution in [0.25, 0.3) is 21.6 Å². The normalized spacial score (nSPS) is 17.7. The average molecular weight is 413 g/mol. The molecule has 142 valence electrons. The van der Waals surface area contributed by atoms with E-state index in [9.17, 15) is 18.0 Å². The van der Waals surface area contributed by atoms with E-state index < -0.39 is 22.7 Å². The Balaban J connectivity index is 2.04. The molecule has 0 aliphatic carbocycles. The second-order valence-corrected chi connectivity index (χ2v) is 7.57. The summed E-state index contributed by atoms with van der Waals surface area (Å²) in [6.07, 6.45) is -3.22. The maximum absolute atomic E-state index is 13.7. The van der Waals surface area contributed by atoms with E-state index in [1.807, 2.05) is 0 Å². The third kappa shape index (κ3) is 3.44. The van der Waals surface area contributed by atoms with Crippen LogP contribution in [0.3, 0.4) is 0 Å². The highest BCUT2D eigenvalue weighted by Gasteiger charge is 2.36. The number of hydrogen-bond acceptors (Lipinski definition) is 5. The van der Waals surface area contributed by atoms with Crippen LogP contribution in [0.1, 0.15) is 18.4 Å². The van der Waals surface area contributed by atoms with Crippen molar-refractivity contribution in [1.82, 2.24) is 14.5 Å². The van der Waals surface area contributed by atoms with Crippen molar-refractivity contribution in [1.29, 1.82) is 0 Å². The Hall–Kier alpha value is -2.04. The van der Waals surface area contributed by atoms with Gasteiger partial charge in [-0.15, -0.1) is 11.3 Å². The van der Waals surface area contributed by atoms with E-state index in [1.54, 1.807) is 17.5 Å². The first kappa shape index (κ1) is 18.3. The van der Waals surface area contributed by atoms with Gasteiger partial charge in [0.25, 0.3) is 5.56 Å². The Kier molecular flexibility index (Phi) is 4.65. The van der Waals surface area contributed by atoms with E-state index >= 15 is 0 Å². The van der Waals surface area contributed by atoms with Crippen molar-refractivity contribution in [2.75, 3.05) is 6.61 Å². The lowest BCUT2D eigenvalue weighted by Crippen LogP contribution is -2.24. The summed E-state index contributed by atoms with van der Waals surface area (Å²) in [5, 5.41) is 1.25. The minimum Gasteiger partial charge on any atom is -0.376 e. The highest BCUT2D eigenvalue weighted by Crippen LogP contribution is 2.36. The van der Waals surface area contributed by atoms with Crippen molar-refractivity contribution in [3.63, 3.8) is 0 Å². The molecular formula is C17H14F3N3O2S2. The van der Waals surface area contributed by atoms with Crippen LogP contribution < -0.4 is 5.56 Å². The van der Waals surface area contributed by atoms with Gasteiger partial charge in [0.1, 0.15) is 5.65 Å². The van der Waals surface area contributed by atoms with Gasteiger partial charge >= 0.3 is 6.18 Å². The van der Waals surface area contributed by atoms with Gasteiger partial charge in [-0.1, -0.05) is 6.07 Å². The fraction of sp³-hybridized carbons (Fsp3) is 0.353. The number of H-pyrrole nitrogens is 1. The lowest BCUT2D eigenvalue weighted by atomic mass is 10.1. The van der Waals surface area contributed by atoms with Crippen LogP contribution in [0.15, 0.2) is 28.4 Å². The van der Waals surface area contributed by atoms with Crippen molar-refractivity contribution in [2.24, 2.45) is 0 Å². The highest BCUT2D eigenvalue weighted by atomic mass is 32.1. The van der Waals surface area contributed by atoms with E-state index in [-0.39, 0.29) is 28.8 Å². The number of ether oxygens (including phenoxy) is 1. The zero-order chi connectivity index (χ0) is 19.2. The summed E-state index contributed by atoms with van der Waals surface area (Å²) in [5.74, 6) is 0. The van der Waals surface area contributed by atoms with E-state index in [0.29, 0.717) is 11.5 Å². The minimum absolute atomic E-state index is 0.0342. The van der Waals surface area contributed by atoms with Crippen molar-refractivity contribution in [3.8, 4) is 10.6 Å². The monoisotopic (exact) mass is 413 g/mol. The summed E-state index contributed by atoms with van der Waals surface area (Å²) in [6, 6.07) is 4.34. The number of hydrogen-bond donors (Lipinski definition) is 1. The third-order valence-corrected chi connectivity index (χ3v) is 5.65. The fourth-order valence-electron chi connectivity index (χ4n) is 3.21. The predicted octanol–water partition coefficient (Wildman–Crippen LogP) is 4.38. The maximum Gasteiger partial charge on any atom is 0.417 e. The Bertz CT molecular complexity index is 1100. The number of alkyl halides is 3. The lowest BCUT2D eigenvalue weighted by molar-refractivity contribution is -0.136. The minimum atomic E-state index is -4.70. The highest BCUT2D eigenvalue weighted by molar-refractivity contribution is 7.71. The summed E-state index contributed by atoms with van der Waals surface area (Å²) in [7, 11) is 0. The van der Waals surface area contributed by atoms with Gasteiger partial charge in [0.15, 0.2) is 4.77 Å². The van der Waals surface area contributed by atoms with Crippen LogP contribution in [0.4, 0.5) is 13.2 Å². The summed E-state index contributed by atoms with van der Waals surface area (Å²) in [5.41, 5.74) is -1.83. The molecule has 4 heterocycles. The van der Waals surface area contributed by atoms with E-state index in [4.69, 9.17) is 17.0 Å². The van der Waals surface area contributed by atoms with Gasteiger partial charge < -0.3 is 4.74 Å². The molecule has 0 spiro atoms. The predicted molar refractivity (Wildman–Crippen MR) is 98.5 cm³/mol. The van der Waals surface area contributed by atoms with Crippen molar-refractivity contribution in [2.45, 2.75) is 31.7 Å². The van der Waals surface area contributed by atoms with Crippen LogP contribution in [0, 0.1) is 4.77 Å². The molecule has 0 saturated carbocycles. The Morgan fingerprint density at radius 3 is 2.89 bits per heavy atom. The van der Waals surface area contributed by atoms with Crippen LogP contribution in [0.5, 0.6) is 0 Å². The standard InChI is InChI=1S/C17H14F3N3O2S2/c18-17(19,20)10-7-11(12-4-2-6-27-12)21-14-13(10)15(24)22-16(26)23(14)8-9-3-1-5-25-9/h2,4,6-7,9H,1,3,5,8H2,(H,22,24,26)/t9-/m0/s1. The average Bonchev–Trinajstić information content (AvgIpc) is 3.30. The molecule has 0 amide bonds. The Morgan fingerprint density at radius 1 is 1.44 bits per heavy atom. The van der Waals surface area contributed by atoms with E-state index in [2.05, 4.69) is 9.97 Å². The first-order valence-electron chi connectivity index (χ1n) is 8.25. The summed E-state index contributed by atoms with van der Waals surface area (Å²) >= 11 is 6.49. The first-order chi connectivity index (χ1) is 12.8. The quantitative estimate of drug-likeness (QED) is 0.648. The SMILES string of the molecule is O=c1[nH]c(=S)n(C[C@@H]2CCCO2)c2nc(-c3cccs3)cc(C(F)(F)F)c12. The number of nitrogens with zero attached hydrogens (tertiary/aromatic N) is 2. The van der Waals surface area contributed by atoms with Crippen molar-refractivity contribution in [3.05, 3.63) is 44.3 Å². The molecule has 3 aromatic rings. The number of halogens is 3. The van der Waals surface area contributed by atoms with E-state index in [0.717, 1.165) is 18.9 Å². The topological polar surface area (TPSA) is 59.9 Å². The fourth-order valence-corrected chi connectivity index (χ4v) is 4.15. The summed E-state index contributed by atoms with van der Waals surface area (Å²) < 4.78 is 48.2. The second-order valence-electron chi connectivity index (χ2n) is 6.23. The molecule has 1 N–H and O–H groups in total. The van der Waals surface area contributed by atoms with Crippen LogP contribution in [-0.4, -0.2) is 27.2 Å². The largest absolute Gasteiger partial charge is 0.417 e. The number of nitrogens with one attached hydrogen (secondary N) is 1. The molecule has 1 atom stereocenters. The van der Waals surface area contributed by atoms with Crippen LogP contribution in [-0.2, 0) is 17.5 Å². The second kappa shape index (κ2) is 6.84. The van der Waals surface area contributed by atoms with Gasteiger partial charge in [-0.05, 0) is 42.6 Å². The molecule has 0 radical (unpaired) electrons. The number of thiophene rings is 1. The van der Waals surface area contributed by atoms with E-state index in [1.165, 1.54) is 15.9 Å². The molecule has 0 aromatic carbocycles. The van der Waals surface area contributed by atoms with Crippen LogP contribution in [0.2, 0.25) is 0 Å². The van der Waals surface area contributed by atoms with Gasteiger partial charge in [-0.2, -0.15) is 13.2 Å². The Labute approximate surface area is 160 Å². The van der Waals surface area contributed by atoms with Crippen molar-refractivity contribution < 1.29 is 17.9 Å². The molecular weight excluding hydrogens is 399 g/mol. The van der Waals surface area contributed by atoms with Gasteiger partial charge in [-0.3, -0.25) is 14.3 Å². The maximum atomic E-state index is 13.7. The molecule has 10 heteroatoms. The first-order valence-corrected chi connectivity index (χ1v) is 9.54. The number of pyridine rings is 1. The van der Waals surface area contributed by atoms with Crippen LogP contribution >= 0.6 is 23.6 Å².